The maximum absolute atomic E-state index is 10.9. The molecule has 5 heteroatoms. The van der Waals surface area contributed by atoms with Crippen molar-refractivity contribution >= 4 is 27.7 Å². The maximum Gasteiger partial charge on any atom is 0.308 e. The highest BCUT2D eigenvalue weighted by Gasteiger charge is 2.25. The molecule has 0 bridgehead atoms. The SMILES string of the molecule is O=C(O)[C@H]1CCCN(c2cccc(Br)n2)C1. The first-order valence-electron chi connectivity index (χ1n) is 5.27. The van der Waals surface area contributed by atoms with Gasteiger partial charge < -0.3 is 10.0 Å². The van der Waals surface area contributed by atoms with Crippen molar-refractivity contribution in [2.75, 3.05) is 18.0 Å². The van der Waals surface area contributed by atoms with E-state index in [1.54, 1.807) is 0 Å². The van der Waals surface area contributed by atoms with Gasteiger partial charge in [0.05, 0.1) is 5.92 Å². The second-order valence-electron chi connectivity index (χ2n) is 3.94. The van der Waals surface area contributed by atoms with Crippen molar-refractivity contribution in [3.63, 3.8) is 0 Å². The Balaban J connectivity index is 2.12. The minimum atomic E-state index is -0.709. The van der Waals surface area contributed by atoms with Crippen molar-refractivity contribution in [1.29, 1.82) is 0 Å². The molecule has 0 amide bonds. The number of anilines is 1. The standard InChI is InChI=1S/C11H13BrN2O2/c12-9-4-1-5-10(13-9)14-6-2-3-8(7-14)11(15)16/h1,4-5,8H,2-3,6-7H2,(H,15,16)/t8-/m0/s1. The van der Waals surface area contributed by atoms with Gasteiger partial charge in [0.15, 0.2) is 0 Å². The molecule has 1 aromatic rings. The molecule has 1 atom stereocenters. The number of carboxylic acids is 1. The Labute approximate surface area is 102 Å². The van der Waals surface area contributed by atoms with Gasteiger partial charge in [0.2, 0.25) is 0 Å². The van der Waals surface area contributed by atoms with Crippen LogP contribution in [0.5, 0.6) is 0 Å². The van der Waals surface area contributed by atoms with Crippen LogP contribution < -0.4 is 4.90 Å². The quantitative estimate of drug-likeness (QED) is 0.846. The van der Waals surface area contributed by atoms with Gasteiger partial charge in [-0.2, -0.15) is 0 Å². The molecule has 2 heterocycles. The molecule has 0 spiro atoms. The van der Waals surface area contributed by atoms with Crippen LogP contribution in [-0.4, -0.2) is 29.1 Å². The Morgan fingerprint density at radius 2 is 2.38 bits per heavy atom. The molecule has 1 aliphatic rings. The molecule has 1 saturated heterocycles. The third-order valence-corrected chi connectivity index (χ3v) is 3.24. The molecule has 1 N–H and O–H groups in total. The van der Waals surface area contributed by atoms with Crippen molar-refractivity contribution in [3.05, 3.63) is 22.8 Å². The highest BCUT2D eigenvalue weighted by atomic mass is 79.9. The second-order valence-corrected chi connectivity index (χ2v) is 4.75. The van der Waals surface area contributed by atoms with Crippen LogP contribution in [0.4, 0.5) is 5.82 Å². The monoisotopic (exact) mass is 284 g/mol. The third-order valence-electron chi connectivity index (χ3n) is 2.80. The largest absolute Gasteiger partial charge is 0.481 e. The Kier molecular flexibility index (Phi) is 3.43. The van der Waals surface area contributed by atoms with Gasteiger partial charge in [-0.05, 0) is 40.9 Å². The lowest BCUT2D eigenvalue weighted by Crippen LogP contribution is -2.39. The maximum atomic E-state index is 10.9. The summed E-state index contributed by atoms with van der Waals surface area (Å²) in [6.45, 7) is 1.44. The van der Waals surface area contributed by atoms with Gasteiger partial charge >= 0.3 is 5.97 Å². The molecule has 1 aromatic heterocycles. The summed E-state index contributed by atoms with van der Waals surface area (Å²) in [6.07, 6.45) is 1.67. The predicted molar refractivity (Wildman–Crippen MR) is 64.5 cm³/mol. The second kappa shape index (κ2) is 4.82. The third kappa shape index (κ3) is 2.52. The molecule has 2 rings (SSSR count). The lowest BCUT2D eigenvalue weighted by molar-refractivity contribution is -0.141. The number of halogens is 1. The van der Waals surface area contributed by atoms with Crippen molar-refractivity contribution in [3.8, 4) is 0 Å². The van der Waals surface area contributed by atoms with Crippen LogP contribution in [0.15, 0.2) is 22.8 Å². The van der Waals surface area contributed by atoms with E-state index in [1.165, 1.54) is 0 Å². The summed E-state index contributed by atoms with van der Waals surface area (Å²) >= 11 is 3.32. The van der Waals surface area contributed by atoms with E-state index < -0.39 is 5.97 Å². The number of hydrogen-bond donors (Lipinski definition) is 1. The van der Waals surface area contributed by atoms with E-state index >= 15 is 0 Å². The van der Waals surface area contributed by atoms with Crippen molar-refractivity contribution in [2.45, 2.75) is 12.8 Å². The van der Waals surface area contributed by atoms with E-state index in [1.807, 2.05) is 23.1 Å². The summed E-state index contributed by atoms with van der Waals surface area (Å²) < 4.78 is 0.780. The summed E-state index contributed by atoms with van der Waals surface area (Å²) in [4.78, 5) is 17.3. The Morgan fingerprint density at radius 1 is 1.56 bits per heavy atom. The number of nitrogens with zero attached hydrogens (tertiary/aromatic N) is 2. The van der Waals surface area contributed by atoms with Crippen LogP contribution in [0.3, 0.4) is 0 Å². The Hall–Kier alpha value is -1.10. The minimum Gasteiger partial charge on any atom is -0.481 e. The lowest BCUT2D eigenvalue weighted by atomic mass is 9.98. The van der Waals surface area contributed by atoms with Gasteiger partial charge in [-0.1, -0.05) is 6.07 Å². The molecule has 0 aromatic carbocycles. The van der Waals surface area contributed by atoms with Crippen LogP contribution >= 0.6 is 15.9 Å². The Morgan fingerprint density at radius 3 is 3.06 bits per heavy atom. The zero-order valence-corrected chi connectivity index (χ0v) is 10.4. The van der Waals surface area contributed by atoms with Gasteiger partial charge in [0, 0.05) is 13.1 Å². The van der Waals surface area contributed by atoms with E-state index in [0.717, 1.165) is 29.8 Å². The Bertz CT molecular complexity index is 397. The smallest absolute Gasteiger partial charge is 0.308 e. The van der Waals surface area contributed by atoms with E-state index in [0.29, 0.717) is 6.54 Å². The van der Waals surface area contributed by atoms with Crippen LogP contribution in [0.25, 0.3) is 0 Å². The van der Waals surface area contributed by atoms with Crippen molar-refractivity contribution in [1.82, 2.24) is 4.98 Å². The zero-order chi connectivity index (χ0) is 11.5. The summed E-state index contributed by atoms with van der Waals surface area (Å²) in [5.41, 5.74) is 0. The first-order chi connectivity index (χ1) is 7.66. The lowest BCUT2D eigenvalue weighted by Gasteiger charge is -2.31. The highest BCUT2D eigenvalue weighted by molar-refractivity contribution is 9.10. The fourth-order valence-electron chi connectivity index (χ4n) is 1.96. The molecule has 16 heavy (non-hydrogen) atoms. The summed E-state index contributed by atoms with van der Waals surface area (Å²) in [7, 11) is 0. The normalized spacial score (nSPS) is 20.8. The summed E-state index contributed by atoms with van der Waals surface area (Å²) in [6, 6.07) is 5.69. The molecule has 1 fully saturated rings. The minimum absolute atomic E-state index is 0.269. The van der Waals surface area contributed by atoms with E-state index in [-0.39, 0.29) is 5.92 Å². The number of carbonyl (C=O) groups is 1. The topological polar surface area (TPSA) is 53.4 Å². The molecule has 1 aliphatic heterocycles. The number of carboxylic acid groups (broad SMARTS) is 1. The number of aliphatic carboxylic acids is 1. The fraction of sp³-hybridized carbons (Fsp3) is 0.455. The molecule has 0 aliphatic carbocycles. The van der Waals surface area contributed by atoms with Gasteiger partial charge in [0.25, 0.3) is 0 Å². The van der Waals surface area contributed by atoms with E-state index in [4.69, 9.17) is 5.11 Å². The first-order valence-corrected chi connectivity index (χ1v) is 6.06. The molecule has 0 saturated carbocycles. The molecular weight excluding hydrogens is 272 g/mol. The molecule has 0 radical (unpaired) electrons. The number of rotatable bonds is 2. The number of pyridine rings is 1. The van der Waals surface area contributed by atoms with Gasteiger partial charge in [-0.3, -0.25) is 4.79 Å². The average Bonchev–Trinajstić information content (AvgIpc) is 2.29. The van der Waals surface area contributed by atoms with Gasteiger partial charge in [-0.15, -0.1) is 0 Å². The van der Waals surface area contributed by atoms with E-state index in [9.17, 15) is 4.79 Å². The van der Waals surface area contributed by atoms with Crippen LogP contribution in [0, 0.1) is 5.92 Å². The van der Waals surface area contributed by atoms with Gasteiger partial charge in [0.1, 0.15) is 10.4 Å². The molecule has 86 valence electrons. The zero-order valence-electron chi connectivity index (χ0n) is 8.77. The fourth-order valence-corrected chi connectivity index (χ4v) is 2.29. The van der Waals surface area contributed by atoms with Crippen LogP contribution in [0.2, 0.25) is 0 Å². The van der Waals surface area contributed by atoms with E-state index in [2.05, 4.69) is 20.9 Å². The van der Waals surface area contributed by atoms with Gasteiger partial charge in [-0.25, -0.2) is 4.98 Å². The number of piperidine rings is 1. The summed E-state index contributed by atoms with van der Waals surface area (Å²) in [5.74, 6) is -0.130. The average molecular weight is 285 g/mol. The predicted octanol–water partition coefficient (Wildman–Crippen LogP) is 2.15. The highest BCUT2D eigenvalue weighted by Crippen LogP contribution is 2.22. The molecule has 4 nitrogen and oxygen atoms in total. The van der Waals surface area contributed by atoms with Crippen molar-refractivity contribution in [2.24, 2.45) is 5.92 Å². The van der Waals surface area contributed by atoms with Crippen molar-refractivity contribution < 1.29 is 9.90 Å². The first kappa shape index (κ1) is 11.4. The molecular formula is C11H13BrN2O2. The summed E-state index contributed by atoms with van der Waals surface area (Å²) in [5, 5.41) is 9.00. The number of aromatic nitrogens is 1. The van der Waals surface area contributed by atoms with Crippen LogP contribution in [-0.2, 0) is 4.79 Å². The molecule has 0 unspecified atom stereocenters. The van der Waals surface area contributed by atoms with Crippen LogP contribution in [0.1, 0.15) is 12.8 Å². The number of hydrogen-bond acceptors (Lipinski definition) is 3.